The molecule has 17 heavy (non-hydrogen) atoms. The first-order valence-electron chi connectivity index (χ1n) is 5.33. The van der Waals surface area contributed by atoms with Gasteiger partial charge >= 0.3 is 0 Å². The molecule has 2 rings (SSSR count). The number of nitriles is 1. The van der Waals surface area contributed by atoms with E-state index in [1.807, 2.05) is 19.1 Å². The Labute approximate surface area is 99.7 Å². The molecule has 1 aliphatic heterocycles. The third-order valence-corrected chi connectivity index (χ3v) is 2.89. The maximum Gasteiger partial charge on any atom is 0.126 e. The number of aliphatic imine (C=N–C) groups is 1. The zero-order valence-corrected chi connectivity index (χ0v) is 9.51. The molecule has 0 aromatic heterocycles. The van der Waals surface area contributed by atoms with E-state index >= 15 is 0 Å². The summed E-state index contributed by atoms with van der Waals surface area (Å²) in [5.41, 5.74) is 8.49. The minimum Gasteiger partial charge on any atom is -0.508 e. The van der Waals surface area contributed by atoms with Gasteiger partial charge in [-0.3, -0.25) is 0 Å². The molecule has 86 valence electrons. The second-order valence-electron chi connectivity index (χ2n) is 4.07. The Morgan fingerprint density at radius 3 is 2.59 bits per heavy atom. The van der Waals surface area contributed by atoms with Gasteiger partial charge in [-0.25, -0.2) is 4.99 Å². The summed E-state index contributed by atoms with van der Waals surface area (Å²) in [5.74, 6) is 0.227. The summed E-state index contributed by atoms with van der Waals surface area (Å²) in [5, 5.41) is 18.1. The molecule has 0 bridgehead atoms. The number of hydrogen-bond donors (Lipinski definition) is 2. The lowest BCUT2D eigenvalue weighted by Gasteiger charge is -2.03. The normalized spacial score (nSPS) is 19.1. The molecule has 1 aromatic rings. The Morgan fingerprint density at radius 1 is 1.41 bits per heavy atom. The van der Waals surface area contributed by atoms with E-state index in [0.717, 1.165) is 16.8 Å². The van der Waals surface area contributed by atoms with Crippen molar-refractivity contribution in [3.8, 4) is 11.8 Å². The van der Waals surface area contributed by atoms with Crippen LogP contribution in [0.2, 0.25) is 0 Å². The molecule has 0 fully saturated rings. The number of allylic oxidation sites excluding steroid dienone is 1. The van der Waals surface area contributed by atoms with Crippen molar-refractivity contribution in [2.75, 3.05) is 0 Å². The number of phenolic OH excluding ortho intramolecular Hbond substituents is 1. The molecule has 4 heteroatoms. The molecular weight excluding hydrogens is 214 g/mol. The van der Waals surface area contributed by atoms with Crippen LogP contribution in [0.5, 0.6) is 5.75 Å². The first-order chi connectivity index (χ1) is 8.11. The highest BCUT2D eigenvalue weighted by molar-refractivity contribution is 5.91. The van der Waals surface area contributed by atoms with Gasteiger partial charge in [0.2, 0.25) is 0 Å². The average Bonchev–Trinajstić information content (AvgIpc) is 2.57. The third kappa shape index (κ3) is 2.13. The van der Waals surface area contributed by atoms with Crippen LogP contribution in [-0.2, 0) is 6.42 Å². The van der Waals surface area contributed by atoms with E-state index in [2.05, 4.69) is 11.1 Å². The Hall–Kier alpha value is -2.28. The monoisotopic (exact) mass is 227 g/mol. The van der Waals surface area contributed by atoms with Crippen LogP contribution in [0.4, 0.5) is 0 Å². The maximum atomic E-state index is 9.19. The second kappa shape index (κ2) is 4.30. The lowest BCUT2D eigenvalue weighted by molar-refractivity contribution is 0.475. The summed E-state index contributed by atoms with van der Waals surface area (Å²) in [6, 6.07) is 9.07. The molecule has 0 unspecified atom stereocenters. The van der Waals surface area contributed by atoms with E-state index < -0.39 is 0 Å². The first-order valence-corrected chi connectivity index (χ1v) is 5.33. The average molecular weight is 227 g/mol. The van der Waals surface area contributed by atoms with Crippen LogP contribution in [0.25, 0.3) is 0 Å². The van der Waals surface area contributed by atoms with E-state index in [1.54, 1.807) is 12.1 Å². The first kappa shape index (κ1) is 11.2. The molecule has 0 saturated carbocycles. The fourth-order valence-electron chi connectivity index (χ4n) is 1.85. The molecule has 1 atom stereocenters. The topological polar surface area (TPSA) is 82.4 Å². The van der Waals surface area contributed by atoms with E-state index in [9.17, 15) is 5.11 Å². The molecule has 0 amide bonds. The molecule has 0 radical (unpaired) electrons. The van der Waals surface area contributed by atoms with Crippen molar-refractivity contribution in [2.24, 2.45) is 16.6 Å². The minimum absolute atomic E-state index is 0.240. The lowest BCUT2D eigenvalue weighted by Crippen LogP contribution is -2.19. The standard InChI is InChI=1S/C13H13N3O/c1-8-11(7-14)13(15)16-12(8)6-9-2-4-10(17)5-3-9/h2-5,11,17H,6H2,1H3,(H2,15,16)/t11-/m0/s1. The van der Waals surface area contributed by atoms with Crippen molar-refractivity contribution in [3.05, 3.63) is 41.1 Å². The fourth-order valence-corrected chi connectivity index (χ4v) is 1.85. The van der Waals surface area contributed by atoms with Crippen LogP contribution < -0.4 is 5.73 Å². The Morgan fingerprint density at radius 2 is 2.06 bits per heavy atom. The summed E-state index contributed by atoms with van der Waals surface area (Å²) < 4.78 is 0. The highest BCUT2D eigenvalue weighted by Gasteiger charge is 2.24. The smallest absolute Gasteiger partial charge is 0.126 e. The molecular formula is C13H13N3O. The lowest BCUT2D eigenvalue weighted by atomic mass is 9.99. The third-order valence-electron chi connectivity index (χ3n) is 2.89. The largest absolute Gasteiger partial charge is 0.508 e. The number of nitrogens with two attached hydrogens (primary N) is 1. The Kier molecular flexibility index (Phi) is 2.84. The van der Waals surface area contributed by atoms with Gasteiger partial charge in [0, 0.05) is 12.1 Å². The highest BCUT2D eigenvalue weighted by Crippen LogP contribution is 2.26. The summed E-state index contributed by atoms with van der Waals surface area (Å²) in [4.78, 5) is 4.23. The van der Waals surface area contributed by atoms with Crippen molar-refractivity contribution in [3.63, 3.8) is 0 Å². The highest BCUT2D eigenvalue weighted by atomic mass is 16.3. The quantitative estimate of drug-likeness (QED) is 0.807. The predicted octanol–water partition coefficient (Wildman–Crippen LogP) is 1.72. The Bertz CT molecular complexity index is 535. The molecule has 4 nitrogen and oxygen atoms in total. The number of benzene rings is 1. The van der Waals surface area contributed by atoms with Crippen molar-refractivity contribution < 1.29 is 5.11 Å². The molecule has 1 aliphatic rings. The van der Waals surface area contributed by atoms with E-state index in [0.29, 0.717) is 12.3 Å². The van der Waals surface area contributed by atoms with Crippen LogP contribution in [0.1, 0.15) is 12.5 Å². The molecule has 0 saturated heterocycles. The summed E-state index contributed by atoms with van der Waals surface area (Å²) in [7, 11) is 0. The molecule has 0 spiro atoms. The fraction of sp³-hybridized carbons (Fsp3) is 0.231. The van der Waals surface area contributed by atoms with Gasteiger partial charge in [-0.05, 0) is 30.2 Å². The SMILES string of the molecule is CC1=C(Cc2ccc(O)cc2)N=C(N)[C@H]1C#N. The van der Waals surface area contributed by atoms with Gasteiger partial charge in [-0.2, -0.15) is 5.26 Å². The number of aromatic hydroxyl groups is 1. The van der Waals surface area contributed by atoms with Gasteiger partial charge < -0.3 is 10.8 Å². The van der Waals surface area contributed by atoms with Gasteiger partial charge in [-0.15, -0.1) is 0 Å². The van der Waals surface area contributed by atoms with Crippen LogP contribution in [-0.4, -0.2) is 10.9 Å². The predicted molar refractivity (Wildman–Crippen MR) is 65.2 cm³/mol. The maximum absolute atomic E-state index is 9.19. The Balaban J connectivity index is 2.23. The van der Waals surface area contributed by atoms with Crippen LogP contribution >= 0.6 is 0 Å². The number of amidine groups is 1. The van der Waals surface area contributed by atoms with E-state index in [4.69, 9.17) is 11.0 Å². The van der Waals surface area contributed by atoms with Gasteiger partial charge in [-0.1, -0.05) is 12.1 Å². The zero-order chi connectivity index (χ0) is 12.4. The number of phenols is 1. The van der Waals surface area contributed by atoms with Crippen LogP contribution in [0.3, 0.4) is 0 Å². The zero-order valence-electron chi connectivity index (χ0n) is 9.51. The van der Waals surface area contributed by atoms with Gasteiger partial charge in [0.15, 0.2) is 0 Å². The van der Waals surface area contributed by atoms with Crippen molar-refractivity contribution in [1.29, 1.82) is 5.26 Å². The van der Waals surface area contributed by atoms with Crippen molar-refractivity contribution in [2.45, 2.75) is 13.3 Å². The minimum atomic E-state index is -0.387. The van der Waals surface area contributed by atoms with E-state index in [1.165, 1.54) is 0 Å². The van der Waals surface area contributed by atoms with Crippen molar-refractivity contribution >= 4 is 5.84 Å². The van der Waals surface area contributed by atoms with Gasteiger partial charge in [0.25, 0.3) is 0 Å². The number of nitrogens with zero attached hydrogens (tertiary/aromatic N) is 2. The van der Waals surface area contributed by atoms with Crippen molar-refractivity contribution in [1.82, 2.24) is 0 Å². The van der Waals surface area contributed by atoms with Gasteiger partial charge in [0.05, 0.1) is 6.07 Å². The summed E-state index contributed by atoms with van der Waals surface area (Å²) in [6.07, 6.45) is 0.630. The van der Waals surface area contributed by atoms with Gasteiger partial charge in [0.1, 0.15) is 17.5 Å². The second-order valence-corrected chi connectivity index (χ2v) is 4.07. The summed E-state index contributed by atoms with van der Waals surface area (Å²) in [6.45, 7) is 1.88. The number of rotatable bonds is 2. The molecule has 3 N–H and O–H groups in total. The molecule has 0 aliphatic carbocycles. The van der Waals surface area contributed by atoms with Crippen LogP contribution in [0.15, 0.2) is 40.5 Å². The summed E-state index contributed by atoms with van der Waals surface area (Å²) >= 11 is 0. The van der Waals surface area contributed by atoms with E-state index in [-0.39, 0.29) is 11.7 Å². The number of hydrogen-bond acceptors (Lipinski definition) is 4. The molecule has 1 heterocycles. The van der Waals surface area contributed by atoms with Crippen LogP contribution in [0, 0.1) is 17.2 Å². The molecule has 1 aromatic carbocycles.